The molecular formula is C19H20N4O3S. The van der Waals surface area contributed by atoms with Gasteiger partial charge >= 0.3 is 0 Å². The lowest BCUT2D eigenvalue weighted by Gasteiger charge is -2.14. The average Bonchev–Trinajstić information content (AvgIpc) is 3.07. The molecule has 0 unspecified atom stereocenters. The van der Waals surface area contributed by atoms with Crippen LogP contribution in [0.15, 0.2) is 29.1 Å². The van der Waals surface area contributed by atoms with Gasteiger partial charge in [0.05, 0.1) is 12.5 Å². The maximum absolute atomic E-state index is 13.0. The largest absolute Gasteiger partial charge is 0.497 e. The fourth-order valence-corrected chi connectivity index (χ4v) is 4.57. The van der Waals surface area contributed by atoms with Gasteiger partial charge in [0.15, 0.2) is 4.83 Å². The van der Waals surface area contributed by atoms with Crippen LogP contribution in [-0.4, -0.2) is 28.0 Å². The molecule has 4 rings (SSSR count). The topological polar surface area (TPSA) is 86.1 Å². The van der Waals surface area contributed by atoms with E-state index in [1.807, 2.05) is 0 Å². The lowest BCUT2D eigenvalue weighted by Crippen LogP contribution is -2.34. The summed E-state index contributed by atoms with van der Waals surface area (Å²) in [6.45, 7) is 1.65. The number of carbonyl (C=O) groups excluding carboxylic acids is 1. The van der Waals surface area contributed by atoms with Gasteiger partial charge in [0.2, 0.25) is 5.91 Å². The summed E-state index contributed by atoms with van der Waals surface area (Å²) in [5.41, 5.74) is 1.48. The van der Waals surface area contributed by atoms with Gasteiger partial charge < -0.3 is 10.1 Å². The number of aryl methyl sites for hydroxylation is 2. The van der Waals surface area contributed by atoms with Crippen LogP contribution in [0, 0.1) is 0 Å². The number of amides is 1. The molecule has 8 heteroatoms. The molecule has 140 valence electrons. The first-order chi connectivity index (χ1) is 13.1. The van der Waals surface area contributed by atoms with E-state index >= 15 is 0 Å². The summed E-state index contributed by atoms with van der Waals surface area (Å²) >= 11 is 1.55. The van der Waals surface area contributed by atoms with Crippen molar-refractivity contribution in [2.45, 2.75) is 38.6 Å². The van der Waals surface area contributed by atoms with Crippen molar-refractivity contribution >= 4 is 33.1 Å². The van der Waals surface area contributed by atoms with E-state index in [9.17, 15) is 9.59 Å². The van der Waals surface area contributed by atoms with E-state index < -0.39 is 6.04 Å². The highest BCUT2D eigenvalue weighted by atomic mass is 32.1. The van der Waals surface area contributed by atoms with Crippen molar-refractivity contribution < 1.29 is 9.53 Å². The average molecular weight is 384 g/mol. The van der Waals surface area contributed by atoms with E-state index in [4.69, 9.17) is 4.74 Å². The first-order valence-corrected chi connectivity index (χ1v) is 9.75. The molecule has 0 spiro atoms. The van der Waals surface area contributed by atoms with Gasteiger partial charge in [-0.05, 0) is 62.4 Å². The molecule has 1 aliphatic carbocycles. The van der Waals surface area contributed by atoms with Crippen LogP contribution in [-0.2, 0) is 17.6 Å². The van der Waals surface area contributed by atoms with Crippen molar-refractivity contribution in [3.8, 4) is 5.75 Å². The summed E-state index contributed by atoms with van der Waals surface area (Å²) in [7, 11) is 1.58. The second-order valence-electron chi connectivity index (χ2n) is 6.62. The third-order valence-electron chi connectivity index (χ3n) is 4.91. The van der Waals surface area contributed by atoms with Crippen LogP contribution < -0.4 is 15.6 Å². The van der Waals surface area contributed by atoms with E-state index in [0.717, 1.165) is 31.2 Å². The summed E-state index contributed by atoms with van der Waals surface area (Å²) in [5.74, 6) is 0.385. The minimum absolute atomic E-state index is 0.239. The molecule has 2 aromatic heterocycles. The lowest BCUT2D eigenvalue weighted by molar-refractivity contribution is -0.119. The Morgan fingerprint density at radius 1 is 1.26 bits per heavy atom. The Kier molecular flexibility index (Phi) is 4.65. The summed E-state index contributed by atoms with van der Waals surface area (Å²) < 4.78 is 6.29. The number of hydrogen-bond donors (Lipinski definition) is 1. The monoisotopic (exact) mass is 384 g/mol. The van der Waals surface area contributed by atoms with Crippen molar-refractivity contribution in [1.29, 1.82) is 0 Å². The Bertz CT molecular complexity index is 1060. The molecule has 0 bridgehead atoms. The fraction of sp³-hybridized carbons (Fsp3) is 0.368. The Hall–Kier alpha value is -2.74. The minimum Gasteiger partial charge on any atom is -0.497 e. The van der Waals surface area contributed by atoms with Gasteiger partial charge in [-0.1, -0.05) is 5.21 Å². The molecule has 3 aromatic rings. The zero-order chi connectivity index (χ0) is 19.0. The number of nitrogens with zero attached hydrogens (tertiary/aromatic N) is 3. The number of anilines is 1. The van der Waals surface area contributed by atoms with Crippen LogP contribution in [0.4, 0.5) is 5.69 Å². The molecule has 7 nitrogen and oxygen atoms in total. The van der Waals surface area contributed by atoms with Crippen LogP contribution >= 0.6 is 11.3 Å². The number of rotatable bonds is 4. The van der Waals surface area contributed by atoms with Crippen molar-refractivity contribution in [1.82, 2.24) is 15.0 Å². The molecule has 0 saturated carbocycles. The highest BCUT2D eigenvalue weighted by Gasteiger charge is 2.24. The molecule has 1 aromatic carbocycles. The molecule has 27 heavy (non-hydrogen) atoms. The number of nitrogens with one attached hydrogen (secondary N) is 1. The Morgan fingerprint density at radius 3 is 2.74 bits per heavy atom. The van der Waals surface area contributed by atoms with Crippen molar-refractivity contribution in [3.05, 3.63) is 45.1 Å². The SMILES string of the molecule is COc1ccc(NC(=O)[C@H](C)n2nnc3sc4c(c3c2=O)CCCC4)cc1. The van der Waals surface area contributed by atoms with E-state index in [1.165, 1.54) is 9.56 Å². The number of aromatic nitrogens is 3. The van der Waals surface area contributed by atoms with E-state index in [2.05, 4.69) is 15.6 Å². The molecule has 0 aliphatic heterocycles. The molecule has 1 amide bonds. The third-order valence-corrected chi connectivity index (χ3v) is 6.09. The second kappa shape index (κ2) is 7.11. The minimum atomic E-state index is -0.768. The number of ether oxygens (including phenoxy) is 1. The first-order valence-electron chi connectivity index (χ1n) is 8.93. The highest BCUT2D eigenvalue weighted by molar-refractivity contribution is 7.18. The van der Waals surface area contributed by atoms with Crippen LogP contribution in [0.25, 0.3) is 10.2 Å². The third kappa shape index (κ3) is 3.21. The highest BCUT2D eigenvalue weighted by Crippen LogP contribution is 2.33. The molecule has 1 atom stereocenters. The number of fused-ring (bicyclic) bond motifs is 3. The Labute approximate surface area is 160 Å². The molecule has 0 fully saturated rings. The van der Waals surface area contributed by atoms with Crippen molar-refractivity contribution in [2.24, 2.45) is 0 Å². The maximum Gasteiger partial charge on any atom is 0.279 e. The molecule has 1 N–H and O–H groups in total. The predicted octanol–water partition coefficient (Wildman–Crippen LogP) is 2.94. The van der Waals surface area contributed by atoms with E-state index in [-0.39, 0.29) is 11.5 Å². The van der Waals surface area contributed by atoms with Crippen LogP contribution in [0.1, 0.15) is 36.2 Å². The van der Waals surface area contributed by atoms with E-state index in [0.29, 0.717) is 21.7 Å². The standard InChI is InChI=1S/C19H20N4O3S/c1-11(17(24)20-12-7-9-13(26-2)10-8-12)23-19(25)16-14-5-3-4-6-15(14)27-18(16)21-22-23/h7-11H,3-6H2,1-2H3,(H,20,24)/t11-/m0/s1. The van der Waals surface area contributed by atoms with Gasteiger partial charge in [-0.2, -0.15) is 4.68 Å². The Morgan fingerprint density at radius 2 is 2.00 bits per heavy atom. The summed E-state index contributed by atoms with van der Waals surface area (Å²) in [4.78, 5) is 27.5. The number of methoxy groups -OCH3 is 1. The molecule has 1 aliphatic rings. The van der Waals surface area contributed by atoms with Gasteiger partial charge in [0.1, 0.15) is 11.8 Å². The van der Waals surface area contributed by atoms with Gasteiger partial charge in [0, 0.05) is 10.6 Å². The number of benzene rings is 1. The number of hydrogen-bond acceptors (Lipinski definition) is 6. The normalized spacial score (nSPS) is 14.6. The van der Waals surface area contributed by atoms with Crippen molar-refractivity contribution in [3.63, 3.8) is 0 Å². The van der Waals surface area contributed by atoms with Gasteiger partial charge in [0.25, 0.3) is 5.56 Å². The number of carbonyl (C=O) groups is 1. The molecule has 0 saturated heterocycles. The molecule has 0 radical (unpaired) electrons. The zero-order valence-electron chi connectivity index (χ0n) is 15.2. The predicted molar refractivity (Wildman–Crippen MR) is 105 cm³/mol. The number of thiophene rings is 1. The second-order valence-corrected chi connectivity index (χ2v) is 7.71. The zero-order valence-corrected chi connectivity index (χ0v) is 16.0. The lowest BCUT2D eigenvalue weighted by atomic mass is 9.97. The summed E-state index contributed by atoms with van der Waals surface area (Å²) in [6, 6.07) is 6.24. The van der Waals surface area contributed by atoms with Gasteiger partial charge in [-0.15, -0.1) is 16.4 Å². The molecular weight excluding hydrogens is 364 g/mol. The van der Waals surface area contributed by atoms with Crippen molar-refractivity contribution in [2.75, 3.05) is 12.4 Å². The van der Waals surface area contributed by atoms with Crippen LogP contribution in [0.2, 0.25) is 0 Å². The Balaban J connectivity index is 1.63. The summed E-state index contributed by atoms with van der Waals surface area (Å²) in [5, 5.41) is 11.7. The van der Waals surface area contributed by atoms with Gasteiger partial charge in [-0.3, -0.25) is 9.59 Å². The summed E-state index contributed by atoms with van der Waals surface area (Å²) in [6.07, 6.45) is 4.10. The van der Waals surface area contributed by atoms with Crippen LogP contribution in [0.5, 0.6) is 5.75 Å². The first kappa shape index (κ1) is 17.7. The smallest absolute Gasteiger partial charge is 0.279 e. The quantitative estimate of drug-likeness (QED) is 0.747. The van der Waals surface area contributed by atoms with Gasteiger partial charge in [-0.25, -0.2) is 0 Å². The molecule has 2 heterocycles. The van der Waals surface area contributed by atoms with Crippen LogP contribution in [0.3, 0.4) is 0 Å². The van der Waals surface area contributed by atoms with E-state index in [1.54, 1.807) is 49.6 Å². The maximum atomic E-state index is 13.0. The fourth-order valence-electron chi connectivity index (χ4n) is 3.37.